The van der Waals surface area contributed by atoms with Gasteiger partial charge in [-0.2, -0.15) is 0 Å². The molecule has 0 aliphatic rings. The van der Waals surface area contributed by atoms with E-state index < -0.39 is 0 Å². The fourth-order valence-corrected chi connectivity index (χ4v) is 1.18. The number of nitrogens with zero attached hydrogens (tertiary/aromatic N) is 1. The second-order valence-electron chi connectivity index (χ2n) is 4.25. The average molecular weight is 215 g/mol. The Labute approximate surface area is 93.4 Å². The molecule has 4 nitrogen and oxygen atoms in total. The van der Waals surface area contributed by atoms with E-state index in [0.29, 0.717) is 18.5 Å². The molecule has 0 heterocycles. The third-order valence-corrected chi connectivity index (χ3v) is 2.77. The van der Waals surface area contributed by atoms with Crippen LogP contribution in [0.25, 0.3) is 0 Å². The van der Waals surface area contributed by atoms with E-state index in [1.54, 1.807) is 14.1 Å². The van der Waals surface area contributed by atoms with Crippen LogP contribution < -0.4 is 10.6 Å². The van der Waals surface area contributed by atoms with Gasteiger partial charge in [0.25, 0.3) is 0 Å². The largest absolute Gasteiger partial charge is 0.337 e. The van der Waals surface area contributed by atoms with E-state index in [1.165, 1.54) is 11.3 Å². The standard InChI is InChI=1S/C11H25N3O/c1-6-9(2)10(3)12-7-8-13-11(15)14(4)5/h9-10,12H,6-8H2,1-5H3,(H,13,15). The van der Waals surface area contributed by atoms with E-state index in [0.717, 1.165) is 6.54 Å². The van der Waals surface area contributed by atoms with Crippen LogP contribution in [0.15, 0.2) is 0 Å². The van der Waals surface area contributed by atoms with Gasteiger partial charge < -0.3 is 15.5 Å². The number of amides is 2. The first-order chi connectivity index (χ1) is 6.99. The van der Waals surface area contributed by atoms with Gasteiger partial charge in [-0.05, 0) is 12.8 Å². The average Bonchev–Trinajstić information content (AvgIpc) is 2.22. The summed E-state index contributed by atoms with van der Waals surface area (Å²) in [6, 6.07) is 0.472. The van der Waals surface area contributed by atoms with E-state index >= 15 is 0 Å². The lowest BCUT2D eigenvalue weighted by molar-refractivity contribution is 0.217. The van der Waals surface area contributed by atoms with E-state index in [9.17, 15) is 4.79 Å². The molecular weight excluding hydrogens is 190 g/mol. The molecule has 2 atom stereocenters. The molecule has 2 N–H and O–H groups in total. The van der Waals surface area contributed by atoms with Crippen molar-refractivity contribution in [1.82, 2.24) is 15.5 Å². The molecule has 2 amide bonds. The monoisotopic (exact) mass is 215 g/mol. The molecule has 0 radical (unpaired) electrons. The van der Waals surface area contributed by atoms with Gasteiger partial charge in [-0.25, -0.2) is 4.79 Å². The summed E-state index contributed by atoms with van der Waals surface area (Å²) in [6.45, 7) is 8.11. The molecule has 15 heavy (non-hydrogen) atoms. The molecule has 0 aliphatic heterocycles. The lowest BCUT2D eigenvalue weighted by Crippen LogP contribution is -2.41. The van der Waals surface area contributed by atoms with Crippen molar-refractivity contribution in [1.29, 1.82) is 0 Å². The lowest BCUT2D eigenvalue weighted by atomic mass is 10.0. The minimum atomic E-state index is -0.0343. The van der Waals surface area contributed by atoms with Gasteiger partial charge in [0.05, 0.1) is 0 Å². The molecule has 0 aromatic rings. The van der Waals surface area contributed by atoms with E-state index in [-0.39, 0.29) is 6.03 Å². The number of urea groups is 1. The topological polar surface area (TPSA) is 44.4 Å². The Hall–Kier alpha value is -0.770. The van der Waals surface area contributed by atoms with Gasteiger partial charge in [-0.3, -0.25) is 0 Å². The highest BCUT2D eigenvalue weighted by Gasteiger charge is 2.08. The maximum Gasteiger partial charge on any atom is 0.316 e. The zero-order chi connectivity index (χ0) is 11.8. The number of carbonyl (C=O) groups excluding carboxylic acids is 1. The van der Waals surface area contributed by atoms with Crippen LogP contribution >= 0.6 is 0 Å². The molecule has 0 saturated heterocycles. The molecule has 0 bridgehead atoms. The van der Waals surface area contributed by atoms with Gasteiger partial charge in [0.1, 0.15) is 0 Å². The summed E-state index contributed by atoms with van der Waals surface area (Å²) in [5.41, 5.74) is 0. The first-order valence-corrected chi connectivity index (χ1v) is 5.67. The molecule has 0 aromatic carbocycles. The van der Waals surface area contributed by atoms with Crippen LogP contribution in [0, 0.1) is 5.92 Å². The molecule has 0 spiro atoms. The third kappa shape index (κ3) is 6.33. The highest BCUT2D eigenvalue weighted by molar-refractivity contribution is 5.73. The number of rotatable bonds is 6. The van der Waals surface area contributed by atoms with Crippen molar-refractivity contribution in [3.8, 4) is 0 Å². The Morgan fingerprint density at radius 2 is 1.87 bits per heavy atom. The summed E-state index contributed by atoms with van der Waals surface area (Å²) in [6.07, 6.45) is 1.18. The van der Waals surface area contributed by atoms with Gasteiger partial charge in [0.15, 0.2) is 0 Å². The zero-order valence-corrected chi connectivity index (χ0v) is 10.6. The molecule has 0 aromatic heterocycles. The van der Waals surface area contributed by atoms with Gasteiger partial charge in [0.2, 0.25) is 0 Å². The SMILES string of the molecule is CCC(C)C(C)NCCNC(=O)N(C)C. The van der Waals surface area contributed by atoms with Crippen LogP contribution in [0.2, 0.25) is 0 Å². The van der Waals surface area contributed by atoms with Crippen LogP contribution in [0.4, 0.5) is 4.79 Å². The van der Waals surface area contributed by atoms with Gasteiger partial charge in [-0.1, -0.05) is 20.3 Å². The second-order valence-corrected chi connectivity index (χ2v) is 4.25. The predicted octanol–water partition coefficient (Wildman–Crippen LogP) is 1.28. The quantitative estimate of drug-likeness (QED) is 0.656. The molecule has 4 heteroatoms. The van der Waals surface area contributed by atoms with Crippen LogP contribution in [0.1, 0.15) is 27.2 Å². The Balaban J connectivity index is 3.50. The summed E-state index contributed by atoms with van der Waals surface area (Å²) in [4.78, 5) is 12.7. The number of hydrogen-bond acceptors (Lipinski definition) is 2. The van der Waals surface area contributed by atoms with Gasteiger partial charge >= 0.3 is 6.03 Å². The van der Waals surface area contributed by atoms with Crippen LogP contribution in [-0.4, -0.2) is 44.2 Å². The molecule has 0 fully saturated rings. The van der Waals surface area contributed by atoms with Crippen molar-refractivity contribution in [3.05, 3.63) is 0 Å². The maximum absolute atomic E-state index is 11.2. The molecule has 0 saturated carbocycles. The normalized spacial score (nSPS) is 14.5. The van der Waals surface area contributed by atoms with Crippen molar-refractivity contribution in [2.75, 3.05) is 27.2 Å². The van der Waals surface area contributed by atoms with Crippen LogP contribution in [-0.2, 0) is 0 Å². The molecular formula is C11H25N3O. The summed E-state index contributed by atoms with van der Waals surface area (Å²) in [7, 11) is 3.48. The van der Waals surface area contributed by atoms with Crippen molar-refractivity contribution in [2.24, 2.45) is 5.92 Å². The fraction of sp³-hybridized carbons (Fsp3) is 0.909. The first kappa shape index (κ1) is 14.2. The third-order valence-electron chi connectivity index (χ3n) is 2.77. The Morgan fingerprint density at radius 3 is 2.33 bits per heavy atom. The predicted molar refractivity (Wildman–Crippen MR) is 64.0 cm³/mol. The number of carbonyl (C=O) groups is 1. The summed E-state index contributed by atoms with van der Waals surface area (Å²) in [5, 5.41) is 6.21. The van der Waals surface area contributed by atoms with Crippen molar-refractivity contribution < 1.29 is 4.79 Å². The van der Waals surface area contributed by atoms with E-state index in [4.69, 9.17) is 0 Å². The highest BCUT2D eigenvalue weighted by Crippen LogP contribution is 2.05. The molecule has 2 unspecified atom stereocenters. The summed E-state index contributed by atoms with van der Waals surface area (Å²) >= 11 is 0. The van der Waals surface area contributed by atoms with Crippen molar-refractivity contribution in [3.63, 3.8) is 0 Å². The van der Waals surface area contributed by atoms with E-state index in [1.807, 2.05) is 0 Å². The van der Waals surface area contributed by atoms with Gasteiger partial charge in [-0.15, -0.1) is 0 Å². The Morgan fingerprint density at radius 1 is 1.27 bits per heavy atom. The number of nitrogens with one attached hydrogen (secondary N) is 2. The summed E-state index contributed by atoms with van der Waals surface area (Å²) in [5.74, 6) is 0.676. The zero-order valence-electron chi connectivity index (χ0n) is 10.6. The maximum atomic E-state index is 11.2. The minimum Gasteiger partial charge on any atom is -0.337 e. The van der Waals surface area contributed by atoms with Crippen molar-refractivity contribution in [2.45, 2.75) is 33.2 Å². The second kappa shape index (κ2) is 7.51. The first-order valence-electron chi connectivity index (χ1n) is 5.67. The lowest BCUT2D eigenvalue weighted by Gasteiger charge is -2.20. The number of hydrogen-bond donors (Lipinski definition) is 2. The molecule has 90 valence electrons. The van der Waals surface area contributed by atoms with Crippen LogP contribution in [0.3, 0.4) is 0 Å². The van der Waals surface area contributed by atoms with E-state index in [2.05, 4.69) is 31.4 Å². The smallest absolute Gasteiger partial charge is 0.316 e. The summed E-state index contributed by atoms with van der Waals surface area (Å²) < 4.78 is 0. The fourth-order valence-electron chi connectivity index (χ4n) is 1.18. The van der Waals surface area contributed by atoms with Gasteiger partial charge in [0, 0.05) is 33.2 Å². The Kier molecular flexibility index (Phi) is 7.13. The highest BCUT2D eigenvalue weighted by atomic mass is 16.2. The molecule has 0 rings (SSSR count). The molecule has 0 aliphatic carbocycles. The minimum absolute atomic E-state index is 0.0343. The van der Waals surface area contributed by atoms with Crippen molar-refractivity contribution >= 4 is 6.03 Å². The van der Waals surface area contributed by atoms with Crippen LogP contribution in [0.5, 0.6) is 0 Å². The Bertz CT molecular complexity index is 183.